The Bertz CT molecular complexity index is 1430. The largest absolute Gasteiger partial charge is 0.385 e. The molecule has 0 radical (unpaired) electrons. The Morgan fingerprint density at radius 1 is 0.972 bits per heavy atom. The molecule has 0 spiro atoms. The van der Waals surface area contributed by atoms with E-state index in [0.29, 0.717) is 40.9 Å². The van der Waals surface area contributed by atoms with Crippen LogP contribution in [0.5, 0.6) is 0 Å². The first-order chi connectivity index (χ1) is 17.5. The second kappa shape index (κ2) is 10.1. The maximum atomic E-state index is 14.9. The monoisotopic (exact) mass is 479 g/mol. The van der Waals surface area contributed by atoms with Crippen LogP contribution in [0.15, 0.2) is 90.2 Å². The van der Waals surface area contributed by atoms with Crippen molar-refractivity contribution in [3.05, 3.63) is 124 Å². The Labute approximate surface area is 209 Å². The highest BCUT2D eigenvalue weighted by Crippen LogP contribution is 2.31. The van der Waals surface area contributed by atoms with Gasteiger partial charge in [-0.05, 0) is 66.9 Å². The van der Waals surface area contributed by atoms with Gasteiger partial charge in [0.05, 0.1) is 11.4 Å². The summed E-state index contributed by atoms with van der Waals surface area (Å²) in [4.78, 5) is 23.2. The molecule has 0 saturated heterocycles. The van der Waals surface area contributed by atoms with Gasteiger partial charge in [-0.15, -0.1) is 0 Å². The van der Waals surface area contributed by atoms with Crippen molar-refractivity contribution in [2.75, 3.05) is 0 Å². The van der Waals surface area contributed by atoms with E-state index in [1.54, 1.807) is 24.4 Å². The number of pyridine rings is 1. The Morgan fingerprint density at radius 3 is 2.50 bits per heavy atom. The lowest BCUT2D eigenvalue weighted by Crippen LogP contribution is -2.23. The van der Waals surface area contributed by atoms with E-state index in [-0.39, 0.29) is 17.8 Å². The highest BCUT2D eigenvalue weighted by molar-refractivity contribution is 6.05. The van der Waals surface area contributed by atoms with Crippen molar-refractivity contribution in [1.82, 2.24) is 10.3 Å². The summed E-state index contributed by atoms with van der Waals surface area (Å²) < 4.78 is 14.9. The maximum absolute atomic E-state index is 14.9. The fourth-order valence-corrected chi connectivity index (χ4v) is 4.20. The Kier molecular flexibility index (Phi) is 6.58. The van der Waals surface area contributed by atoms with Crippen LogP contribution in [0.2, 0.25) is 0 Å². The summed E-state index contributed by atoms with van der Waals surface area (Å²) in [6.45, 7) is 4.26. The van der Waals surface area contributed by atoms with E-state index in [0.717, 1.165) is 22.4 Å². The third-order valence-electron chi connectivity index (χ3n) is 6.22. The number of aromatic nitrogens is 1. The van der Waals surface area contributed by atoms with E-state index >= 15 is 0 Å². The first-order valence-corrected chi connectivity index (χ1v) is 11.9. The molecule has 3 aromatic carbocycles. The molecule has 0 fully saturated rings. The van der Waals surface area contributed by atoms with Crippen LogP contribution in [0.4, 0.5) is 4.39 Å². The standard InChI is InChI=1S/C30H26FN3O2/c1-19-6-9-21(10-7-19)18-33-30(35)24-15-22(25-11-8-20(2)13-26(25)31)14-23(16-24)28-17-29(36-34-28)27-5-3-4-12-32-27/h3-16,29H,17-18H2,1-2H3,(H,33,35). The van der Waals surface area contributed by atoms with E-state index in [4.69, 9.17) is 4.84 Å². The van der Waals surface area contributed by atoms with Crippen molar-refractivity contribution < 1.29 is 14.0 Å². The number of carbonyl (C=O) groups is 1. The minimum Gasteiger partial charge on any atom is -0.385 e. The lowest BCUT2D eigenvalue weighted by molar-refractivity contribution is 0.0826. The number of nitrogens with one attached hydrogen (secondary N) is 1. The van der Waals surface area contributed by atoms with Gasteiger partial charge < -0.3 is 10.2 Å². The smallest absolute Gasteiger partial charge is 0.251 e. The van der Waals surface area contributed by atoms with Crippen molar-refractivity contribution in [2.45, 2.75) is 32.9 Å². The third kappa shape index (κ3) is 5.18. The van der Waals surface area contributed by atoms with Gasteiger partial charge >= 0.3 is 0 Å². The molecule has 1 aliphatic rings. The molecule has 1 aliphatic heterocycles. The van der Waals surface area contributed by atoms with E-state index in [1.165, 1.54) is 6.07 Å². The van der Waals surface area contributed by atoms with E-state index < -0.39 is 0 Å². The molecule has 36 heavy (non-hydrogen) atoms. The van der Waals surface area contributed by atoms with Gasteiger partial charge in [0.25, 0.3) is 5.91 Å². The zero-order chi connectivity index (χ0) is 25.1. The minimum absolute atomic E-state index is 0.244. The first-order valence-electron chi connectivity index (χ1n) is 11.9. The number of hydrogen-bond donors (Lipinski definition) is 1. The number of halogens is 1. The SMILES string of the molecule is Cc1ccc(CNC(=O)c2cc(C3=NOC(c4ccccn4)C3)cc(-c3ccc(C)cc3F)c2)cc1. The quantitative estimate of drug-likeness (QED) is 0.353. The summed E-state index contributed by atoms with van der Waals surface area (Å²) >= 11 is 0. The second-order valence-corrected chi connectivity index (χ2v) is 9.04. The number of oxime groups is 1. The molecule has 0 saturated carbocycles. The van der Waals surface area contributed by atoms with Gasteiger partial charge in [-0.2, -0.15) is 0 Å². The molecule has 1 aromatic heterocycles. The molecular weight excluding hydrogens is 453 g/mol. The van der Waals surface area contributed by atoms with Crippen LogP contribution in [0.1, 0.15) is 50.8 Å². The van der Waals surface area contributed by atoms with Gasteiger partial charge in [-0.3, -0.25) is 9.78 Å². The number of rotatable bonds is 6. The van der Waals surface area contributed by atoms with Gasteiger partial charge in [0, 0.05) is 35.9 Å². The molecule has 4 aromatic rings. The minimum atomic E-state index is -0.339. The fraction of sp³-hybridized carbons (Fsp3) is 0.167. The van der Waals surface area contributed by atoms with Crippen LogP contribution in [-0.4, -0.2) is 16.6 Å². The van der Waals surface area contributed by atoms with Crippen LogP contribution in [0.25, 0.3) is 11.1 Å². The van der Waals surface area contributed by atoms with Gasteiger partial charge in [0.1, 0.15) is 5.82 Å². The highest BCUT2D eigenvalue weighted by Gasteiger charge is 2.26. The zero-order valence-electron chi connectivity index (χ0n) is 20.2. The lowest BCUT2D eigenvalue weighted by atomic mass is 9.94. The van der Waals surface area contributed by atoms with Gasteiger partial charge in [0.15, 0.2) is 6.10 Å². The van der Waals surface area contributed by atoms with E-state index in [1.807, 2.05) is 68.4 Å². The summed E-state index contributed by atoms with van der Waals surface area (Å²) in [5.41, 5.74) is 6.64. The predicted octanol–water partition coefficient (Wildman–Crippen LogP) is 6.30. The molecule has 0 bridgehead atoms. The summed E-state index contributed by atoms with van der Waals surface area (Å²) in [6.07, 6.45) is 1.91. The number of hydrogen-bond acceptors (Lipinski definition) is 4. The Hall–Kier alpha value is -4.32. The van der Waals surface area contributed by atoms with E-state index in [2.05, 4.69) is 15.5 Å². The summed E-state index contributed by atoms with van der Waals surface area (Å²) in [5.74, 6) is -0.582. The maximum Gasteiger partial charge on any atom is 0.251 e. The molecule has 2 heterocycles. The molecule has 1 unspecified atom stereocenters. The molecule has 6 heteroatoms. The number of benzene rings is 3. The molecule has 180 valence electrons. The topological polar surface area (TPSA) is 63.6 Å². The molecule has 5 rings (SSSR count). The highest BCUT2D eigenvalue weighted by atomic mass is 19.1. The number of nitrogens with zero attached hydrogens (tertiary/aromatic N) is 2. The van der Waals surface area contributed by atoms with Gasteiger partial charge in [-0.1, -0.05) is 53.2 Å². The van der Waals surface area contributed by atoms with Crippen LogP contribution in [0, 0.1) is 19.7 Å². The lowest BCUT2D eigenvalue weighted by Gasteiger charge is -2.12. The fourth-order valence-electron chi connectivity index (χ4n) is 4.20. The molecule has 1 atom stereocenters. The van der Waals surface area contributed by atoms with Crippen molar-refractivity contribution in [1.29, 1.82) is 0 Å². The molecule has 1 amide bonds. The number of aryl methyl sites for hydroxylation is 2. The van der Waals surface area contributed by atoms with Crippen LogP contribution >= 0.6 is 0 Å². The average molecular weight is 480 g/mol. The molecule has 1 N–H and O–H groups in total. The van der Waals surface area contributed by atoms with Crippen molar-refractivity contribution in [3.8, 4) is 11.1 Å². The van der Waals surface area contributed by atoms with Crippen LogP contribution in [0.3, 0.4) is 0 Å². The van der Waals surface area contributed by atoms with Gasteiger partial charge in [0.2, 0.25) is 0 Å². The van der Waals surface area contributed by atoms with Crippen molar-refractivity contribution in [3.63, 3.8) is 0 Å². The summed E-state index contributed by atoms with van der Waals surface area (Å²) in [5, 5.41) is 7.26. The zero-order valence-corrected chi connectivity index (χ0v) is 20.2. The molecule has 5 nitrogen and oxygen atoms in total. The van der Waals surface area contributed by atoms with Gasteiger partial charge in [-0.25, -0.2) is 4.39 Å². The predicted molar refractivity (Wildman–Crippen MR) is 138 cm³/mol. The second-order valence-electron chi connectivity index (χ2n) is 9.04. The molecule has 0 aliphatic carbocycles. The van der Waals surface area contributed by atoms with Crippen molar-refractivity contribution >= 4 is 11.6 Å². The summed E-state index contributed by atoms with van der Waals surface area (Å²) in [7, 11) is 0. The third-order valence-corrected chi connectivity index (χ3v) is 6.22. The van der Waals surface area contributed by atoms with Crippen LogP contribution in [-0.2, 0) is 11.4 Å². The average Bonchev–Trinajstić information content (AvgIpc) is 3.39. The first kappa shape index (κ1) is 23.4. The number of carbonyl (C=O) groups excluding carboxylic acids is 1. The van der Waals surface area contributed by atoms with E-state index in [9.17, 15) is 9.18 Å². The Morgan fingerprint density at radius 2 is 1.75 bits per heavy atom. The summed E-state index contributed by atoms with van der Waals surface area (Å²) in [6, 6.07) is 24.1. The Balaban J connectivity index is 1.46. The molecular formula is C30H26FN3O2. The normalized spacial score (nSPS) is 14.8. The van der Waals surface area contributed by atoms with Crippen molar-refractivity contribution in [2.24, 2.45) is 5.16 Å². The van der Waals surface area contributed by atoms with Crippen LogP contribution < -0.4 is 5.32 Å². The number of amides is 1.